The normalized spacial score (nSPS) is 16.1. The Kier molecular flexibility index (Phi) is 7.30. The number of carboxylic acids is 1. The van der Waals surface area contributed by atoms with Crippen molar-refractivity contribution in [2.75, 3.05) is 13.7 Å². The quantitative estimate of drug-likeness (QED) is 0.502. The molecule has 0 unspecified atom stereocenters. The third-order valence-corrected chi connectivity index (χ3v) is 6.13. The molecule has 0 radical (unpaired) electrons. The molecule has 0 atom stereocenters. The highest BCUT2D eigenvalue weighted by molar-refractivity contribution is 9.10. The summed E-state index contributed by atoms with van der Waals surface area (Å²) in [4.78, 5) is 27.8. The molecule has 1 amide bonds. The molecule has 0 bridgehead atoms. The molecule has 156 valence electrons. The number of carbonyl (C=O) groups excluding carboxylic acids is 1. The van der Waals surface area contributed by atoms with Crippen molar-refractivity contribution >= 4 is 79.7 Å². The van der Waals surface area contributed by atoms with E-state index in [1.165, 1.54) is 7.11 Å². The van der Waals surface area contributed by atoms with Crippen LogP contribution in [0.1, 0.15) is 5.56 Å². The average molecular weight is 532 g/mol. The first kappa shape index (κ1) is 22.5. The molecule has 30 heavy (non-hydrogen) atoms. The van der Waals surface area contributed by atoms with Crippen molar-refractivity contribution in [1.82, 2.24) is 5.32 Å². The number of ether oxygens (including phenoxy) is 2. The van der Waals surface area contributed by atoms with Crippen molar-refractivity contribution in [2.45, 2.75) is 0 Å². The number of hydrogen-bond acceptors (Lipinski definition) is 6. The lowest BCUT2D eigenvalue weighted by molar-refractivity contribution is -0.139. The number of hydrogen-bond donors (Lipinski definition) is 2. The number of rotatable bonds is 6. The molecular weight excluding hydrogens is 519 g/mol. The molecule has 7 nitrogen and oxygen atoms in total. The van der Waals surface area contributed by atoms with Crippen molar-refractivity contribution in [2.24, 2.45) is 4.99 Å². The molecule has 2 N–H and O–H groups in total. The molecule has 1 fully saturated rings. The van der Waals surface area contributed by atoms with Crippen LogP contribution >= 0.6 is 50.9 Å². The summed E-state index contributed by atoms with van der Waals surface area (Å²) in [6.45, 7) is -0.507. The summed E-state index contributed by atoms with van der Waals surface area (Å²) >= 11 is 16.7. The molecule has 0 spiro atoms. The third-order valence-electron chi connectivity index (χ3n) is 3.72. The minimum absolute atomic E-state index is 0.260. The number of amidine groups is 1. The van der Waals surface area contributed by atoms with Crippen LogP contribution in [0.3, 0.4) is 0 Å². The van der Waals surface area contributed by atoms with Crippen LogP contribution in [0.2, 0.25) is 10.0 Å². The van der Waals surface area contributed by atoms with Crippen LogP contribution in [-0.4, -0.2) is 35.9 Å². The van der Waals surface area contributed by atoms with E-state index in [4.69, 9.17) is 37.8 Å². The topological polar surface area (TPSA) is 97.2 Å². The molecule has 1 saturated heterocycles. The number of benzene rings is 2. The molecule has 3 rings (SSSR count). The number of aliphatic carboxylic acids is 1. The van der Waals surface area contributed by atoms with E-state index >= 15 is 0 Å². The Morgan fingerprint density at radius 3 is 2.80 bits per heavy atom. The number of thioether (sulfide) groups is 1. The van der Waals surface area contributed by atoms with Gasteiger partial charge in [-0.25, -0.2) is 9.79 Å². The Balaban J connectivity index is 1.88. The summed E-state index contributed by atoms with van der Waals surface area (Å²) in [6.07, 6.45) is 1.65. The van der Waals surface area contributed by atoms with Gasteiger partial charge in [-0.3, -0.25) is 4.79 Å². The molecule has 1 heterocycles. The fraction of sp³-hybridized carbons (Fsp3) is 0.105. The number of carbonyl (C=O) groups is 2. The highest BCUT2D eigenvalue weighted by atomic mass is 79.9. The third kappa shape index (κ3) is 5.28. The van der Waals surface area contributed by atoms with Gasteiger partial charge in [-0.05, 0) is 47.7 Å². The number of aliphatic imine (C=N–C) groups is 1. The summed E-state index contributed by atoms with van der Waals surface area (Å²) < 4.78 is 11.1. The molecule has 2 aromatic carbocycles. The van der Waals surface area contributed by atoms with Gasteiger partial charge >= 0.3 is 5.97 Å². The Bertz CT molecular complexity index is 1090. The summed E-state index contributed by atoms with van der Waals surface area (Å²) in [5.74, 6) is -0.844. The second-order valence-corrected chi connectivity index (χ2v) is 8.43. The zero-order valence-electron chi connectivity index (χ0n) is 15.2. The maximum atomic E-state index is 12.4. The zero-order valence-corrected chi connectivity index (χ0v) is 19.2. The van der Waals surface area contributed by atoms with Gasteiger partial charge in [0.1, 0.15) is 0 Å². The lowest BCUT2D eigenvalue weighted by Crippen LogP contribution is -2.19. The van der Waals surface area contributed by atoms with Gasteiger partial charge < -0.3 is 19.9 Å². The van der Waals surface area contributed by atoms with Gasteiger partial charge in [0.15, 0.2) is 23.3 Å². The minimum Gasteiger partial charge on any atom is -0.493 e. The Morgan fingerprint density at radius 2 is 2.10 bits per heavy atom. The fourth-order valence-corrected chi connectivity index (χ4v) is 3.98. The first-order valence-electron chi connectivity index (χ1n) is 8.24. The van der Waals surface area contributed by atoms with Crippen LogP contribution in [-0.2, 0) is 9.59 Å². The van der Waals surface area contributed by atoms with Crippen molar-refractivity contribution < 1.29 is 24.2 Å². The molecule has 11 heteroatoms. The van der Waals surface area contributed by atoms with E-state index in [-0.39, 0.29) is 11.7 Å². The predicted octanol–water partition coefficient (Wildman–Crippen LogP) is 5.12. The fourth-order valence-electron chi connectivity index (χ4n) is 2.38. The van der Waals surface area contributed by atoms with E-state index in [1.54, 1.807) is 36.4 Å². The molecule has 2 aromatic rings. The van der Waals surface area contributed by atoms with Crippen molar-refractivity contribution in [3.63, 3.8) is 0 Å². The van der Waals surface area contributed by atoms with Gasteiger partial charge in [-0.1, -0.05) is 45.2 Å². The van der Waals surface area contributed by atoms with Crippen LogP contribution in [0.5, 0.6) is 11.5 Å². The van der Waals surface area contributed by atoms with Crippen LogP contribution < -0.4 is 14.8 Å². The van der Waals surface area contributed by atoms with E-state index in [2.05, 4.69) is 26.2 Å². The summed E-state index contributed by atoms with van der Waals surface area (Å²) in [7, 11) is 1.43. The Hall–Kier alpha value is -2.20. The SMILES string of the molecule is COc1cc(/C=C2/SC(=Nc3cccc(Cl)c3Cl)NC2=O)c(Br)cc1OCC(=O)O. The number of amides is 1. The number of carboxylic acid groups (broad SMARTS) is 1. The molecule has 0 aromatic heterocycles. The predicted molar refractivity (Wildman–Crippen MR) is 121 cm³/mol. The van der Waals surface area contributed by atoms with E-state index in [1.807, 2.05) is 0 Å². The highest BCUT2D eigenvalue weighted by Crippen LogP contribution is 2.37. The summed E-state index contributed by atoms with van der Waals surface area (Å²) in [5, 5.41) is 12.5. The van der Waals surface area contributed by atoms with E-state index in [9.17, 15) is 9.59 Å². The second-order valence-electron chi connectivity index (χ2n) is 5.76. The zero-order chi connectivity index (χ0) is 21.8. The largest absolute Gasteiger partial charge is 0.493 e. The van der Waals surface area contributed by atoms with Crippen molar-refractivity contribution in [3.05, 3.63) is 55.3 Å². The van der Waals surface area contributed by atoms with Gasteiger partial charge in [0.25, 0.3) is 5.91 Å². The lowest BCUT2D eigenvalue weighted by atomic mass is 10.2. The van der Waals surface area contributed by atoms with Crippen LogP contribution in [0.25, 0.3) is 6.08 Å². The van der Waals surface area contributed by atoms with Gasteiger partial charge in [0, 0.05) is 4.47 Å². The van der Waals surface area contributed by atoms with Crippen LogP contribution in [0.4, 0.5) is 5.69 Å². The molecule has 1 aliphatic rings. The Morgan fingerprint density at radius 1 is 1.33 bits per heavy atom. The van der Waals surface area contributed by atoms with E-state index in [0.29, 0.717) is 41.6 Å². The monoisotopic (exact) mass is 530 g/mol. The first-order chi connectivity index (χ1) is 14.3. The van der Waals surface area contributed by atoms with Gasteiger partial charge in [0.2, 0.25) is 0 Å². The number of methoxy groups -OCH3 is 1. The number of halogens is 3. The Labute approximate surface area is 194 Å². The van der Waals surface area contributed by atoms with Gasteiger partial charge in [-0.15, -0.1) is 0 Å². The molecule has 0 aliphatic carbocycles. The number of nitrogens with one attached hydrogen (secondary N) is 1. The second kappa shape index (κ2) is 9.74. The minimum atomic E-state index is -1.11. The summed E-state index contributed by atoms with van der Waals surface area (Å²) in [6, 6.07) is 8.25. The average Bonchev–Trinajstić information content (AvgIpc) is 3.04. The standard InChI is InChI=1S/C19H13BrCl2N2O5S/c1-28-13-5-9(10(20)7-14(13)29-8-16(25)26)6-15-18(27)24-19(30-15)23-12-4-2-3-11(21)17(12)22/h2-7H,8H2,1H3,(H,25,26)(H,23,24,27)/b15-6+. The van der Waals surface area contributed by atoms with Crippen LogP contribution in [0.15, 0.2) is 44.7 Å². The van der Waals surface area contributed by atoms with E-state index < -0.39 is 12.6 Å². The smallest absolute Gasteiger partial charge is 0.341 e. The number of nitrogens with zero attached hydrogens (tertiary/aromatic N) is 1. The van der Waals surface area contributed by atoms with Gasteiger partial charge in [0.05, 0.1) is 27.7 Å². The molecule has 0 saturated carbocycles. The lowest BCUT2D eigenvalue weighted by Gasteiger charge is -2.11. The van der Waals surface area contributed by atoms with E-state index in [0.717, 1.165) is 11.8 Å². The highest BCUT2D eigenvalue weighted by Gasteiger charge is 2.25. The summed E-state index contributed by atoms with van der Waals surface area (Å²) in [5.41, 5.74) is 1.07. The molecular formula is C19H13BrCl2N2O5S. The van der Waals surface area contributed by atoms with Crippen molar-refractivity contribution in [3.8, 4) is 11.5 Å². The van der Waals surface area contributed by atoms with Crippen LogP contribution in [0, 0.1) is 0 Å². The van der Waals surface area contributed by atoms with Gasteiger partial charge in [-0.2, -0.15) is 0 Å². The first-order valence-corrected chi connectivity index (χ1v) is 10.6. The maximum Gasteiger partial charge on any atom is 0.341 e. The van der Waals surface area contributed by atoms with Crippen molar-refractivity contribution in [1.29, 1.82) is 0 Å². The molecule has 1 aliphatic heterocycles. The maximum absolute atomic E-state index is 12.4.